The van der Waals surface area contributed by atoms with Gasteiger partial charge in [-0.25, -0.2) is 9.78 Å². The largest absolute Gasteiger partial charge is 0.331 e. The van der Waals surface area contributed by atoms with Gasteiger partial charge in [0.25, 0.3) is 0 Å². The van der Waals surface area contributed by atoms with E-state index < -0.39 is 17.7 Å². The van der Waals surface area contributed by atoms with E-state index in [9.17, 15) is 4.79 Å². The van der Waals surface area contributed by atoms with Gasteiger partial charge in [-0.2, -0.15) is 0 Å². The van der Waals surface area contributed by atoms with Crippen LogP contribution < -0.4 is 5.32 Å². The third-order valence-electron chi connectivity index (χ3n) is 6.50. The Morgan fingerprint density at radius 3 is 2.65 bits per heavy atom. The highest BCUT2D eigenvalue weighted by Crippen LogP contribution is 2.60. The van der Waals surface area contributed by atoms with Crippen molar-refractivity contribution in [3.8, 4) is 0 Å². The first-order chi connectivity index (χ1) is 10.9. The monoisotopic (exact) mass is 325 g/mol. The maximum Gasteiger partial charge on any atom is 0.218 e. The number of amides is 1. The summed E-state index contributed by atoms with van der Waals surface area (Å²) in [5, 5.41) is 2.93. The van der Waals surface area contributed by atoms with E-state index in [-0.39, 0.29) is 24.0 Å². The molecule has 5 rings (SSSR count). The second kappa shape index (κ2) is 5.15. The molecule has 4 saturated heterocycles. The Morgan fingerprint density at radius 2 is 1.91 bits per heavy atom. The van der Waals surface area contributed by atoms with E-state index in [1.54, 1.807) is 0 Å². The van der Waals surface area contributed by atoms with Crippen molar-refractivity contribution in [3.63, 3.8) is 0 Å². The molecular weight excluding hydrogens is 298 g/mol. The van der Waals surface area contributed by atoms with Crippen molar-refractivity contribution in [1.82, 2.24) is 5.32 Å². The van der Waals surface area contributed by atoms with Gasteiger partial charge >= 0.3 is 0 Å². The fourth-order valence-electron chi connectivity index (χ4n) is 5.27. The fourth-order valence-corrected chi connectivity index (χ4v) is 5.27. The molecule has 4 aliphatic heterocycles. The molecule has 6 nitrogen and oxygen atoms in total. The highest BCUT2D eigenvalue weighted by atomic mass is 17.3. The first-order valence-corrected chi connectivity index (χ1v) is 8.83. The van der Waals surface area contributed by atoms with Crippen molar-refractivity contribution in [2.45, 2.75) is 77.3 Å². The molecule has 130 valence electrons. The summed E-state index contributed by atoms with van der Waals surface area (Å²) in [6.45, 7) is 7.85. The zero-order valence-electron chi connectivity index (χ0n) is 14.3. The smallest absolute Gasteiger partial charge is 0.218 e. The zero-order valence-corrected chi connectivity index (χ0v) is 14.3. The maximum absolute atomic E-state index is 11.5. The predicted molar refractivity (Wildman–Crippen MR) is 80.6 cm³/mol. The van der Waals surface area contributed by atoms with Crippen molar-refractivity contribution in [1.29, 1.82) is 0 Å². The van der Waals surface area contributed by atoms with Gasteiger partial charge in [-0.15, -0.1) is 0 Å². The molecule has 1 amide bonds. The number of rotatable bonds is 1. The molecular formula is C17H27NO5. The van der Waals surface area contributed by atoms with Crippen LogP contribution in [0.25, 0.3) is 0 Å². The van der Waals surface area contributed by atoms with Gasteiger partial charge < -0.3 is 14.8 Å². The number of hydrogen-bond acceptors (Lipinski definition) is 5. The number of carbonyl (C=O) groups is 1. The molecule has 1 spiro atoms. The highest BCUT2D eigenvalue weighted by Gasteiger charge is 2.69. The number of carbonyl (C=O) groups excluding carboxylic acids is 1. The summed E-state index contributed by atoms with van der Waals surface area (Å²) in [5.41, 5.74) is -0.554. The summed E-state index contributed by atoms with van der Waals surface area (Å²) >= 11 is 0. The molecule has 4 heterocycles. The lowest BCUT2D eigenvalue weighted by molar-refractivity contribution is -0.571. The third kappa shape index (κ3) is 2.18. The van der Waals surface area contributed by atoms with Gasteiger partial charge in [0.15, 0.2) is 11.9 Å². The molecule has 5 aliphatic rings. The third-order valence-corrected chi connectivity index (χ3v) is 6.50. The first kappa shape index (κ1) is 15.8. The van der Waals surface area contributed by atoms with E-state index >= 15 is 0 Å². The van der Waals surface area contributed by atoms with Crippen molar-refractivity contribution in [2.75, 3.05) is 0 Å². The first-order valence-electron chi connectivity index (χ1n) is 8.83. The second-order valence-corrected chi connectivity index (χ2v) is 8.03. The summed E-state index contributed by atoms with van der Waals surface area (Å²) in [7, 11) is 0. The SMILES string of the molecule is CC(=O)N[C@@H]1O[C@@H]2OC3(C)CC[C@H]4[C@H](C)CC[C@@H]([C@H]1C)[C@@]24OO3. The van der Waals surface area contributed by atoms with Gasteiger partial charge in [0.1, 0.15) is 6.23 Å². The van der Waals surface area contributed by atoms with E-state index in [1.807, 2.05) is 6.92 Å². The van der Waals surface area contributed by atoms with Crippen LogP contribution in [0.3, 0.4) is 0 Å². The summed E-state index contributed by atoms with van der Waals surface area (Å²) in [6, 6.07) is 0. The zero-order chi connectivity index (χ0) is 16.4. The van der Waals surface area contributed by atoms with Crippen LogP contribution in [0.5, 0.6) is 0 Å². The minimum Gasteiger partial charge on any atom is -0.331 e. The Labute approximate surface area is 137 Å². The maximum atomic E-state index is 11.5. The lowest BCUT2D eigenvalue weighted by atomic mass is 9.58. The molecule has 5 fully saturated rings. The molecule has 1 unspecified atom stereocenters. The van der Waals surface area contributed by atoms with Crippen LogP contribution in [0.4, 0.5) is 0 Å². The lowest BCUT2D eigenvalue weighted by Gasteiger charge is -2.60. The standard InChI is InChI=1S/C17H27NO5/c1-9-5-6-13-10(2)14(18-11(3)19)20-15-17(13)12(9)7-8-16(4,21-15)22-23-17/h9-10,12-15H,5-8H2,1-4H3,(H,18,19)/t9-,10-,12+,13+,14-,15-,16?,17-/m1/s1. The summed E-state index contributed by atoms with van der Waals surface area (Å²) in [6.07, 6.45) is 3.20. The van der Waals surface area contributed by atoms with Gasteiger partial charge in [0, 0.05) is 25.2 Å². The lowest BCUT2D eigenvalue weighted by Crippen LogP contribution is -2.71. The highest BCUT2D eigenvalue weighted by molar-refractivity contribution is 5.73. The van der Waals surface area contributed by atoms with E-state index in [1.165, 1.54) is 13.3 Å². The molecule has 8 atom stereocenters. The van der Waals surface area contributed by atoms with E-state index in [0.717, 1.165) is 19.3 Å². The molecule has 1 saturated carbocycles. The van der Waals surface area contributed by atoms with Crippen LogP contribution in [0, 0.1) is 23.7 Å². The van der Waals surface area contributed by atoms with E-state index in [4.69, 9.17) is 19.2 Å². The number of fused-ring (bicyclic) bond motifs is 2. The van der Waals surface area contributed by atoms with Crippen LogP contribution in [-0.2, 0) is 24.0 Å². The average Bonchev–Trinajstić information content (AvgIpc) is 2.70. The van der Waals surface area contributed by atoms with Gasteiger partial charge in [0.05, 0.1) is 0 Å². The van der Waals surface area contributed by atoms with Gasteiger partial charge in [-0.1, -0.05) is 13.8 Å². The molecule has 0 aromatic heterocycles. The molecule has 23 heavy (non-hydrogen) atoms. The quantitative estimate of drug-likeness (QED) is 0.750. The number of hydrogen-bond donors (Lipinski definition) is 1. The number of nitrogens with one attached hydrogen (secondary N) is 1. The van der Waals surface area contributed by atoms with Crippen molar-refractivity contribution < 1.29 is 24.0 Å². The Morgan fingerprint density at radius 1 is 1.13 bits per heavy atom. The average molecular weight is 325 g/mol. The van der Waals surface area contributed by atoms with Crippen LogP contribution in [0.1, 0.15) is 53.4 Å². The normalized spacial score (nSPS) is 55.0. The van der Waals surface area contributed by atoms with Crippen molar-refractivity contribution in [3.05, 3.63) is 0 Å². The minimum atomic E-state index is -0.765. The van der Waals surface area contributed by atoms with E-state index in [0.29, 0.717) is 11.8 Å². The van der Waals surface area contributed by atoms with Crippen LogP contribution in [-0.4, -0.2) is 29.8 Å². The predicted octanol–water partition coefficient (Wildman–Crippen LogP) is 2.33. The topological polar surface area (TPSA) is 66.0 Å². The summed E-state index contributed by atoms with van der Waals surface area (Å²) in [4.78, 5) is 23.3. The molecule has 0 radical (unpaired) electrons. The van der Waals surface area contributed by atoms with Gasteiger partial charge in [-0.3, -0.25) is 4.79 Å². The Kier molecular flexibility index (Phi) is 3.54. The molecule has 6 heteroatoms. The molecule has 1 N–H and O–H groups in total. The van der Waals surface area contributed by atoms with Crippen LogP contribution in [0.2, 0.25) is 0 Å². The van der Waals surface area contributed by atoms with Crippen LogP contribution >= 0.6 is 0 Å². The molecule has 0 aromatic rings. The fraction of sp³-hybridized carbons (Fsp3) is 0.941. The Bertz CT molecular complexity index is 513. The Hall–Kier alpha value is -0.690. The molecule has 2 bridgehead atoms. The van der Waals surface area contributed by atoms with Crippen molar-refractivity contribution >= 4 is 5.91 Å². The molecule has 0 aromatic carbocycles. The van der Waals surface area contributed by atoms with Crippen molar-refractivity contribution in [2.24, 2.45) is 23.7 Å². The summed E-state index contributed by atoms with van der Waals surface area (Å²) in [5.74, 6) is 0.465. The van der Waals surface area contributed by atoms with Gasteiger partial charge in [0.2, 0.25) is 11.7 Å². The Balaban J connectivity index is 1.74. The minimum absolute atomic E-state index is 0.0827. The summed E-state index contributed by atoms with van der Waals surface area (Å²) < 4.78 is 12.4. The van der Waals surface area contributed by atoms with E-state index in [2.05, 4.69) is 19.2 Å². The van der Waals surface area contributed by atoms with Gasteiger partial charge in [-0.05, 0) is 38.0 Å². The second-order valence-electron chi connectivity index (χ2n) is 8.03. The number of ether oxygens (including phenoxy) is 2. The molecule has 1 aliphatic carbocycles. The van der Waals surface area contributed by atoms with Crippen LogP contribution in [0.15, 0.2) is 0 Å².